The van der Waals surface area contributed by atoms with Crippen molar-refractivity contribution in [1.29, 1.82) is 0 Å². The third-order valence-corrected chi connectivity index (χ3v) is 5.09. The van der Waals surface area contributed by atoms with E-state index in [4.69, 9.17) is 5.11 Å². The number of hydrogen-bond donors (Lipinski definition) is 2. The van der Waals surface area contributed by atoms with Crippen LogP contribution in [0.15, 0.2) is 36.4 Å². The Morgan fingerprint density at radius 2 is 1.86 bits per heavy atom. The Kier molecular flexibility index (Phi) is 5.32. The van der Waals surface area contributed by atoms with E-state index in [2.05, 4.69) is 30.8 Å². The lowest BCUT2D eigenvalue weighted by Crippen LogP contribution is -2.38. The van der Waals surface area contributed by atoms with E-state index in [1.54, 1.807) is 0 Å². The van der Waals surface area contributed by atoms with Crippen molar-refractivity contribution < 1.29 is 14.7 Å². The summed E-state index contributed by atoms with van der Waals surface area (Å²) in [5.41, 5.74) is 2.25. The fourth-order valence-electron chi connectivity index (χ4n) is 3.43. The number of piperidine rings is 1. The summed E-state index contributed by atoms with van der Waals surface area (Å²) in [4.78, 5) is 25.4. The van der Waals surface area contributed by atoms with Crippen molar-refractivity contribution in [2.24, 2.45) is 5.92 Å². The lowest BCUT2D eigenvalue weighted by Gasteiger charge is -2.31. The number of anilines is 2. The van der Waals surface area contributed by atoms with Crippen LogP contribution in [0.5, 0.6) is 0 Å². The number of carbonyl (C=O) groups excluding carboxylic acids is 1. The minimum absolute atomic E-state index is 0.00632. The maximum Gasteiger partial charge on any atom is 0.303 e. The topological polar surface area (TPSA) is 126 Å². The van der Waals surface area contributed by atoms with Gasteiger partial charge in [0.05, 0.1) is 0 Å². The van der Waals surface area contributed by atoms with E-state index >= 15 is 0 Å². The molecule has 2 N–H and O–H groups in total. The molecule has 1 aromatic carbocycles. The van der Waals surface area contributed by atoms with Crippen LogP contribution < -0.4 is 10.2 Å². The van der Waals surface area contributed by atoms with E-state index in [1.165, 1.54) is 4.63 Å². The molecule has 0 aliphatic carbocycles. The standard InChI is InChI=1S/C19H21N7O3/c27-18(28)8-3-13-1-4-15(5-2-13)20-19(29)14-9-11-25(12-10-14)17-7-6-16-21-23-24-26(16)22-17/h1-2,4-7,14H,3,8-12H2,(H,20,29)(H,27,28). The number of rotatable bonds is 6. The van der Waals surface area contributed by atoms with Crippen molar-refractivity contribution in [2.45, 2.75) is 25.7 Å². The van der Waals surface area contributed by atoms with E-state index < -0.39 is 5.97 Å². The highest BCUT2D eigenvalue weighted by molar-refractivity contribution is 5.92. The number of aliphatic carboxylic acids is 1. The number of aromatic nitrogens is 5. The van der Waals surface area contributed by atoms with Gasteiger partial charge < -0.3 is 15.3 Å². The quantitative estimate of drug-likeness (QED) is 0.641. The van der Waals surface area contributed by atoms with Gasteiger partial charge in [0.2, 0.25) is 5.91 Å². The summed E-state index contributed by atoms with van der Waals surface area (Å²) in [5, 5.41) is 27.4. The number of tetrazole rings is 1. The van der Waals surface area contributed by atoms with Crippen molar-refractivity contribution >= 4 is 29.0 Å². The molecular formula is C19H21N7O3. The summed E-state index contributed by atoms with van der Waals surface area (Å²) >= 11 is 0. The van der Waals surface area contributed by atoms with E-state index in [-0.39, 0.29) is 18.2 Å². The van der Waals surface area contributed by atoms with Gasteiger partial charge in [-0.15, -0.1) is 14.8 Å². The predicted molar refractivity (Wildman–Crippen MR) is 105 cm³/mol. The van der Waals surface area contributed by atoms with Crippen molar-refractivity contribution in [1.82, 2.24) is 25.3 Å². The molecule has 3 heterocycles. The summed E-state index contributed by atoms with van der Waals surface area (Å²) in [6.45, 7) is 1.46. The minimum Gasteiger partial charge on any atom is -0.481 e. The zero-order valence-corrected chi connectivity index (χ0v) is 15.7. The van der Waals surface area contributed by atoms with Gasteiger partial charge in [0.1, 0.15) is 0 Å². The molecule has 29 heavy (non-hydrogen) atoms. The van der Waals surface area contributed by atoms with Crippen LogP contribution in [-0.4, -0.2) is 55.3 Å². The molecule has 4 rings (SSSR count). The van der Waals surface area contributed by atoms with Gasteiger partial charge in [0.15, 0.2) is 11.5 Å². The largest absolute Gasteiger partial charge is 0.481 e. The summed E-state index contributed by atoms with van der Waals surface area (Å²) in [7, 11) is 0. The van der Waals surface area contributed by atoms with Gasteiger partial charge in [-0.05, 0) is 59.5 Å². The van der Waals surface area contributed by atoms with E-state index in [1.807, 2.05) is 36.4 Å². The van der Waals surface area contributed by atoms with Crippen LogP contribution in [0.1, 0.15) is 24.8 Å². The molecular weight excluding hydrogens is 374 g/mol. The highest BCUT2D eigenvalue weighted by atomic mass is 16.4. The van der Waals surface area contributed by atoms with Gasteiger partial charge in [-0.3, -0.25) is 9.59 Å². The second-order valence-electron chi connectivity index (χ2n) is 7.06. The molecule has 1 fully saturated rings. The maximum absolute atomic E-state index is 12.6. The number of carboxylic acid groups (broad SMARTS) is 1. The first-order chi connectivity index (χ1) is 14.1. The minimum atomic E-state index is -0.818. The number of nitrogens with zero attached hydrogens (tertiary/aromatic N) is 6. The zero-order chi connectivity index (χ0) is 20.2. The third-order valence-electron chi connectivity index (χ3n) is 5.09. The number of fused-ring (bicyclic) bond motifs is 1. The molecule has 2 aromatic heterocycles. The number of carbonyl (C=O) groups is 2. The lowest BCUT2D eigenvalue weighted by atomic mass is 9.95. The molecule has 0 saturated carbocycles. The van der Waals surface area contributed by atoms with Gasteiger partial charge in [-0.2, -0.15) is 0 Å². The predicted octanol–water partition coefficient (Wildman–Crippen LogP) is 1.39. The number of amides is 1. The second-order valence-corrected chi connectivity index (χ2v) is 7.06. The normalized spacial score (nSPS) is 14.8. The van der Waals surface area contributed by atoms with Crippen molar-refractivity contribution in [3.63, 3.8) is 0 Å². The number of aryl methyl sites for hydroxylation is 1. The molecule has 10 nitrogen and oxygen atoms in total. The fraction of sp³-hybridized carbons (Fsp3) is 0.368. The molecule has 0 bridgehead atoms. The summed E-state index contributed by atoms with van der Waals surface area (Å²) < 4.78 is 1.40. The second kappa shape index (κ2) is 8.21. The number of hydrogen-bond acceptors (Lipinski definition) is 7. The van der Waals surface area contributed by atoms with Gasteiger partial charge in [0.25, 0.3) is 0 Å². The van der Waals surface area contributed by atoms with Crippen LogP contribution >= 0.6 is 0 Å². The maximum atomic E-state index is 12.6. The molecule has 0 radical (unpaired) electrons. The Morgan fingerprint density at radius 3 is 2.59 bits per heavy atom. The SMILES string of the molecule is O=C(O)CCc1ccc(NC(=O)C2CCN(c3ccc4nnnn4n3)CC2)cc1. The van der Waals surface area contributed by atoms with Crippen LogP contribution in [0, 0.1) is 5.92 Å². The van der Waals surface area contributed by atoms with E-state index in [9.17, 15) is 9.59 Å². The van der Waals surface area contributed by atoms with Crippen LogP contribution in [0.4, 0.5) is 11.5 Å². The first-order valence-corrected chi connectivity index (χ1v) is 9.50. The molecule has 0 unspecified atom stereocenters. The summed E-state index contributed by atoms with van der Waals surface area (Å²) in [6.07, 6.45) is 2.04. The van der Waals surface area contributed by atoms with E-state index in [0.717, 1.165) is 43.0 Å². The van der Waals surface area contributed by atoms with Crippen LogP contribution in [0.3, 0.4) is 0 Å². The Hall–Kier alpha value is -3.56. The van der Waals surface area contributed by atoms with Crippen LogP contribution in [0.2, 0.25) is 0 Å². The number of nitrogens with one attached hydrogen (secondary N) is 1. The Bertz CT molecular complexity index is 1010. The van der Waals surface area contributed by atoms with Crippen molar-refractivity contribution in [3.8, 4) is 0 Å². The van der Waals surface area contributed by atoms with Crippen LogP contribution in [-0.2, 0) is 16.0 Å². The number of benzene rings is 1. The van der Waals surface area contributed by atoms with E-state index in [0.29, 0.717) is 12.1 Å². The molecule has 1 aliphatic heterocycles. The van der Waals surface area contributed by atoms with Gasteiger partial charge in [-0.25, -0.2) is 0 Å². The average molecular weight is 395 g/mol. The molecule has 0 atom stereocenters. The fourth-order valence-corrected chi connectivity index (χ4v) is 3.43. The van der Waals surface area contributed by atoms with Crippen LogP contribution in [0.25, 0.3) is 5.65 Å². The molecule has 3 aromatic rings. The molecule has 1 amide bonds. The van der Waals surface area contributed by atoms with Gasteiger partial charge in [0, 0.05) is 31.1 Å². The summed E-state index contributed by atoms with van der Waals surface area (Å²) in [5.74, 6) is -0.0797. The number of carboxylic acids is 1. The Balaban J connectivity index is 1.30. The summed E-state index contributed by atoms with van der Waals surface area (Å²) in [6, 6.07) is 11.0. The first kappa shape index (κ1) is 18.8. The average Bonchev–Trinajstić information content (AvgIpc) is 3.21. The molecule has 150 valence electrons. The van der Waals surface area contributed by atoms with Crippen molar-refractivity contribution in [3.05, 3.63) is 42.0 Å². The smallest absolute Gasteiger partial charge is 0.303 e. The molecule has 10 heteroatoms. The molecule has 1 aliphatic rings. The highest BCUT2D eigenvalue weighted by Crippen LogP contribution is 2.23. The Morgan fingerprint density at radius 1 is 1.10 bits per heavy atom. The first-order valence-electron chi connectivity index (χ1n) is 9.50. The molecule has 0 spiro atoms. The third kappa shape index (κ3) is 4.48. The van der Waals surface area contributed by atoms with Gasteiger partial charge in [-0.1, -0.05) is 12.1 Å². The lowest BCUT2D eigenvalue weighted by molar-refractivity contribution is -0.137. The van der Waals surface area contributed by atoms with Crippen molar-refractivity contribution in [2.75, 3.05) is 23.3 Å². The zero-order valence-electron chi connectivity index (χ0n) is 15.7. The molecule has 1 saturated heterocycles. The highest BCUT2D eigenvalue weighted by Gasteiger charge is 2.26. The Labute approximate surface area is 166 Å². The monoisotopic (exact) mass is 395 g/mol. The van der Waals surface area contributed by atoms with Gasteiger partial charge >= 0.3 is 5.97 Å².